The average molecular weight is 257 g/mol. The molecule has 0 saturated heterocycles. The van der Waals surface area contributed by atoms with Crippen LogP contribution in [0, 0.1) is 13.8 Å². The van der Waals surface area contributed by atoms with Crippen molar-refractivity contribution in [3.05, 3.63) is 35.2 Å². The number of benzene rings is 1. The lowest BCUT2D eigenvalue weighted by Crippen LogP contribution is -2.05. The predicted octanol–water partition coefficient (Wildman–Crippen LogP) is 3.72. The molecule has 2 N–H and O–H groups in total. The van der Waals surface area contributed by atoms with E-state index >= 15 is 0 Å². The van der Waals surface area contributed by atoms with Crippen LogP contribution in [0.4, 0.5) is 5.82 Å². The Bertz CT molecular complexity index is 582. The van der Waals surface area contributed by atoms with Gasteiger partial charge in [0.1, 0.15) is 17.3 Å². The Hall–Kier alpha value is -1.77. The van der Waals surface area contributed by atoms with Crippen molar-refractivity contribution < 1.29 is 0 Å². The lowest BCUT2D eigenvalue weighted by Gasteiger charge is -2.06. The van der Waals surface area contributed by atoms with Gasteiger partial charge in [-0.15, -0.1) is 0 Å². The Balaban J connectivity index is 2.52. The predicted molar refractivity (Wildman–Crippen MR) is 81.2 cm³/mol. The topological polar surface area (TPSA) is 43.8 Å². The third-order valence-corrected chi connectivity index (χ3v) is 3.66. The second-order valence-electron chi connectivity index (χ2n) is 5.06. The Morgan fingerprint density at radius 3 is 2.47 bits per heavy atom. The van der Waals surface area contributed by atoms with E-state index in [0.29, 0.717) is 0 Å². The first-order chi connectivity index (χ1) is 9.08. The maximum Gasteiger partial charge on any atom is 0.131 e. The lowest BCUT2D eigenvalue weighted by molar-refractivity contribution is 0.690. The van der Waals surface area contributed by atoms with Crippen molar-refractivity contribution in [2.75, 3.05) is 5.73 Å². The van der Waals surface area contributed by atoms with E-state index in [1.54, 1.807) is 0 Å². The molecule has 0 radical (unpaired) electrons. The van der Waals surface area contributed by atoms with E-state index in [-0.39, 0.29) is 0 Å². The lowest BCUT2D eigenvalue weighted by atomic mass is 10.0. The highest BCUT2D eigenvalue weighted by Crippen LogP contribution is 2.28. The summed E-state index contributed by atoms with van der Waals surface area (Å²) in [5.41, 5.74) is 10.9. The van der Waals surface area contributed by atoms with Gasteiger partial charge in [-0.05, 0) is 44.4 Å². The van der Waals surface area contributed by atoms with E-state index in [1.807, 2.05) is 0 Å². The number of aromatic nitrogens is 2. The molecule has 0 bridgehead atoms. The molecule has 0 aliphatic rings. The van der Waals surface area contributed by atoms with Crippen LogP contribution in [-0.4, -0.2) is 9.55 Å². The second-order valence-corrected chi connectivity index (χ2v) is 5.06. The van der Waals surface area contributed by atoms with Gasteiger partial charge in [0.2, 0.25) is 0 Å². The standard InChI is InChI=1S/C16H23N3/c1-5-7-14-18-15(16(17)19(14)6-2)13-9-8-11(3)12(4)10-13/h8-10H,5-7,17H2,1-4H3. The highest BCUT2D eigenvalue weighted by Gasteiger charge is 2.14. The quantitative estimate of drug-likeness (QED) is 0.907. The fourth-order valence-corrected chi connectivity index (χ4v) is 2.38. The first-order valence-corrected chi connectivity index (χ1v) is 7.01. The second kappa shape index (κ2) is 5.47. The molecule has 19 heavy (non-hydrogen) atoms. The molecule has 0 saturated carbocycles. The fourth-order valence-electron chi connectivity index (χ4n) is 2.38. The smallest absolute Gasteiger partial charge is 0.131 e. The minimum atomic E-state index is 0.786. The van der Waals surface area contributed by atoms with Crippen LogP contribution in [0.2, 0.25) is 0 Å². The number of imidazole rings is 1. The third-order valence-electron chi connectivity index (χ3n) is 3.66. The van der Waals surface area contributed by atoms with Crippen LogP contribution < -0.4 is 5.73 Å². The molecule has 3 heteroatoms. The van der Waals surface area contributed by atoms with Gasteiger partial charge in [-0.3, -0.25) is 0 Å². The summed E-state index contributed by atoms with van der Waals surface area (Å²) in [7, 11) is 0. The maximum atomic E-state index is 6.27. The molecule has 1 heterocycles. The molecular weight excluding hydrogens is 234 g/mol. The molecule has 1 aromatic heterocycles. The van der Waals surface area contributed by atoms with E-state index in [9.17, 15) is 0 Å². The summed E-state index contributed by atoms with van der Waals surface area (Å²) in [6.45, 7) is 9.40. The maximum absolute atomic E-state index is 6.27. The summed E-state index contributed by atoms with van der Waals surface area (Å²) < 4.78 is 2.12. The summed E-state index contributed by atoms with van der Waals surface area (Å²) in [4.78, 5) is 4.75. The van der Waals surface area contributed by atoms with Crippen LogP contribution in [0.3, 0.4) is 0 Å². The molecule has 3 nitrogen and oxygen atoms in total. The SMILES string of the molecule is CCCc1nc(-c2ccc(C)c(C)c2)c(N)n1CC. The average Bonchev–Trinajstić information content (AvgIpc) is 2.70. The summed E-state index contributed by atoms with van der Waals surface area (Å²) in [5, 5.41) is 0. The zero-order valence-electron chi connectivity index (χ0n) is 12.3. The van der Waals surface area contributed by atoms with Crippen LogP contribution in [0.25, 0.3) is 11.3 Å². The Morgan fingerprint density at radius 2 is 1.89 bits per heavy atom. The molecule has 0 amide bonds. The van der Waals surface area contributed by atoms with Gasteiger partial charge in [0.15, 0.2) is 0 Å². The van der Waals surface area contributed by atoms with Crippen molar-refractivity contribution in [1.29, 1.82) is 0 Å². The molecule has 0 spiro atoms. The largest absolute Gasteiger partial charge is 0.383 e. The normalized spacial score (nSPS) is 10.9. The Labute approximate surface area is 115 Å². The Kier molecular flexibility index (Phi) is 3.93. The van der Waals surface area contributed by atoms with Crippen LogP contribution in [-0.2, 0) is 13.0 Å². The van der Waals surface area contributed by atoms with E-state index in [2.05, 4.69) is 50.5 Å². The van der Waals surface area contributed by atoms with Crippen molar-refractivity contribution in [2.45, 2.75) is 47.1 Å². The van der Waals surface area contributed by atoms with E-state index in [4.69, 9.17) is 10.7 Å². The number of hydrogen-bond donors (Lipinski definition) is 1. The highest BCUT2D eigenvalue weighted by atomic mass is 15.1. The van der Waals surface area contributed by atoms with E-state index in [0.717, 1.165) is 42.3 Å². The van der Waals surface area contributed by atoms with Crippen molar-refractivity contribution in [3.8, 4) is 11.3 Å². The van der Waals surface area contributed by atoms with Crippen LogP contribution in [0.5, 0.6) is 0 Å². The number of nitrogens with zero attached hydrogens (tertiary/aromatic N) is 2. The van der Waals surface area contributed by atoms with Crippen LogP contribution in [0.15, 0.2) is 18.2 Å². The number of aryl methyl sites for hydroxylation is 3. The molecule has 0 fully saturated rings. The summed E-state index contributed by atoms with van der Waals surface area (Å²) >= 11 is 0. The molecule has 0 atom stereocenters. The molecule has 2 rings (SSSR count). The minimum Gasteiger partial charge on any atom is -0.383 e. The number of hydrogen-bond acceptors (Lipinski definition) is 2. The van der Waals surface area contributed by atoms with Gasteiger partial charge in [0.25, 0.3) is 0 Å². The number of anilines is 1. The van der Waals surface area contributed by atoms with Crippen LogP contribution in [0.1, 0.15) is 37.2 Å². The number of nitrogen functional groups attached to an aromatic ring is 1. The first-order valence-electron chi connectivity index (χ1n) is 7.01. The molecule has 102 valence electrons. The van der Waals surface area contributed by atoms with Gasteiger partial charge in [-0.1, -0.05) is 19.1 Å². The minimum absolute atomic E-state index is 0.786. The zero-order valence-corrected chi connectivity index (χ0v) is 12.3. The van der Waals surface area contributed by atoms with Gasteiger partial charge in [0, 0.05) is 18.5 Å². The van der Waals surface area contributed by atoms with Crippen molar-refractivity contribution in [3.63, 3.8) is 0 Å². The van der Waals surface area contributed by atoms with E-state index in [1.165, 1.54) is 11.1 Å². The summed E-state index contributed by atoms with van der Waals surface area (Å²) in [6, 6.07) is 6.41. The first kappa shape index (κ1) is 13.7. The molecule has 0 aliphatic carbocycles. The van der Waals surface area contributed by atoms with E-state index < -0.39 is 0 Å². The summed E-state index contributed by atoms with van der Waals surface area (Å²) in [6.07, 6.45) is 2.06. The molecule has 0 aliphatic heterocycles. The van der Waals surface area contributed by atoms with Gasteiger partial charge in [-0.25, -0.2) is 4.98 Å². The number of rotatable bonds is 4. The van der Waals surface area contributed by atoms with Gasteiger partial charge < -0.3 is 10.3 Å². The van der Waals surface area contributed by atoms with Crippen LogP contribution >= 0.6 is 0 Å². The van der Waals surface area contributed by atoms with Crippen molar-refractivity contribution in [2.24, 2.45) is 0 Å². The van der Waals surface area contributed by atoms with Gasteiger partial charge >= 0.3 is 0 Å². The number of nitrogens with two attached hydrogens (primary N) is 1. The van der Waals surface area contributed by atoms with Gasteiger partial charge in [0.05, 0.1) is 0 Å². The highest BCUT2D eigenvalue weighted by molar-refractivity contribution is 5.72. The Morgan fingerprint density at radius 1 is 1.16 bits per heavy atom. The molecular formula is C16H23N3. The molecule has 1 aromatic carbocycles. The molecule has 0 unspecified atom stereocenters. The monoisotopic (exact) mass is 257 g/mol. The van der Waals surface area contributed by atoms with Crippen molar-refractivity contribution >= 4 is 5.82 Å². The fraction of sp³-hybridized carbons (Fsp3) is 0.438. The third kappa shape index (κ3) is 2.50. The molecule has 2 aromatic rings. The summed E-state index contributed by atoms with van der Waals surface area (Å²) in [5.74, 6) is 1.88. The van der Waals surface area contributed by atoms with Crippen molar-refractivity contribution in [1.82, 2.24) is 9.55 Å². The zero-order chi connectivity index (χ0) is 14.0. The van der Waals surface area contributed by atoms with Gasteiger partial charge in [-0.2, -0.15) is 0 Å².